The minimum atomic E-state index is -0.560. The number of urea groups is 1. The molecule has 0 atom stereocenters. The van der Waals surface area contributed by atoms with Gasteiger partial charge in [0, 0.05) is 29.6 Å². The third-order valence-electron chi connectivity index (χ3n) is 3.27. The van der Waals surface area contributed by atoms with E-state index in [9.17, 15) is 4.79 Å². The van der Waals surface area contributed by atoms with E-state index in [0.29, 0.717) is 5.69 Å². The molecular formula is C16H16N4O. The van der Waals surface area contributed by atoms with Crippen LogP contribution in [0.1, 0.15) is 5.56 Å². The lowest BCUT2D eigenvalue weighted by molar-refractivity contribution is 0.259. The average Bonchev–Trinajstić information content (AvgIpc) is 2.93. The molecule has 5 heteroatoms. The number of aromatic amines is 1. The van der Waals surface area contributed by atoms with E-state index in [2.05, 4.69) is 39.9 Å². The van der Waals surface area contributed by atoms with Crippen molar-refractivity contribution >= 4 is 28.3 Å². The fourth-order valence-corrected chi connectivity index (χ4v) is 2.23. The quantitative estimate of drug-likeness (QED) is 0.591. The summed E-state index contributed by atoms with van der Waals surface area (Å²) in [6, 6.07) is 15.2. The zero-order valence-corrected chi connectivity index (χ0v) is 11.4. The number of primary amides is 1. The van der Waals surface area contributed by atoms with Crippen LogP contribution in [0.5, 0.6) is 0 Å². The SMILES string of the molecule is NC(=O)Nc1ccc(NCc2ccc3[nH]ccc3c2)cc1. The van der Waals surface area contributed by atoms with Gasteiger partial charge in [-0.25, -0.2) is 4.79 Å². The van der Waals surface area contributed by atoms with Crippen molar-refractivity contribution in [2.24, 2.45) is 5.73 Å². The first kappa shape index (κ1) is 13.1. The molecule has 0 bridgehead atoms. The Labute approximate surface area is 122 Å². The molecule has 0 saturated carbocycles. The van der Waals surface area contributed by atoms with Crippen molar-refractivity contribution in [1.82, 2.24) is 4.98 Å². The fourth-order valence-electron chi connectivity index (χ4n) is 2.23. The molecule has 0 aliphatic rings. The van der Waals surface area contributed by atoms with Gasteiger partial charge in [0.25, 0.3) is 0 Å². The van der Waals surface area contributed by atoms with E-state index in [1.807, 2.05) is 30.5 Å². The van der Waals surface area contributed by atoms with Crippen LogP contribution in [0.15, 0.2) is 54.7 Å². The third-order valence-corrected chi connectivity index (χ3v) is 3.27. The van der Waals surface area contributed by atoms with E-state index in [-0.39, 0.29) is 0 Å². The van der Waals surface area contributed by atoms with Crippen LogP contribution in [-0.2, 0) is 6.54 Å². The predicted molar refractivity (Wildman–Crippen MR) is 85.3 cm³/mol. The van der Waals surface area contributed by atoms with Crippen molar-refractivity contribution in [1.29, 1.82) is 0 Å². The van der Waals surface area contributed by atoms with E-state index in [1.165, 1.54) is 10.9 Å². The Kier molecular flexibility index (Phi) is 3.47. The Morgan fingerprint density at radius 3 is 2.57 bits per heavy atom. The fraction of sp³-hybridized carbons (Fsp3) is 0.0625. The molecule has 3 rings (SSSR count). The van der Waals surface area contributed by atoms with Crippen LogP contribution in [0.25, 0.3) is 10.9 Å². The minimum Gasteiger partial charge on any atom is -0.381 e. The first-order valence-electron chi connectivity index (χ1n) is 6.67. The number of rotatable bonds is 4. The standard InChI is InChI=1S/C16H16N4O/c17-16(21)20-14-4-2-13(3-5-14)19-10-11-1-6-15-12(9-11)7-8-18-15/h1-9,18-19H,10H2,(H3,17,20,21). The number of benzene rings is 2. The van der Waals surface area contributed by atoms with Gasteiger partial charge in [0.1, 0.15) is 0 Å². The Bertz CT molecular complexity index is 761. The van der Waals surface area contributed by atoms with Crippen LogP contribution >= 0.6 is 0 Å². The summed E-state index contributed by atoms with van der Waals surface area (Å²) in [5.41, 5.74) is 9.08. The van der Waals surface area contributed by atoms with Crippen molar-refractivity contribution in [3.05, 3.63) is 60.3 Å². The van der Waals surface area contributed by atoms with Crippen molar-refractivity contribution in [2.75, 3.05) is 10.6 Å². The normalized spacial score (nSPS) is 10.5. The number of hydrogen-bond acceptors (Lipinski definition) is 2. The van der Waals surface area contributed by atoms with E-state index < -0.39 is 6.03 Å². The van der Waals surface area contributed by atoms with Crippen molar-refractivity contribution in [2.45, 2.75) is 6.54 Å². The Morgan fingerprint density at radius 1 is 1.05 bits per heavy atom. The number of carbonyl (C=O) groups is 1. The number of carbonyl (C=O) groups excluding carboxylic acids is 1. The van der Waals surface area contributed by atoms with Crippen molar-refractivity contribution in [3.8, 4) is 0 Å². The van der Waals surface area contributed by atoms with E-state index >= 15 is 0 Å². The van der Waals surface area contributed by atoms with Crippen LogP contribution in [-0.4, -0.2) is 11.0 Å². The average molecular weight is 280 g/mol. The van der Waals surface area contributed by atoms with Gasteiger partial charge in [-0.05, 0) is 53.4 Å². The first-order valence-corrected chi connectivity index (χ1v) is 6.67. The van der Waals surface area contributed by atoms with Crippen LogP contribution in [0, 0.1) is 0 Å². The number of amides is 2. The maximum Gasteiger partial charge on any atom is 0.316 e. The monoisotopic (exact) mass is 280 g/mol. The molecule has 2 amide bonds. The van der Waals surface area contributed by atoms with E-state index in [1.54, 1.807) is 0 Å². The lowest BCUT2D eigenvalue weighted by Crippen LogP contribution is -2.19. The zero-order chi connectivity index (χ0) is 14.7. The molecule has 0 fully saturated rings. The first-order chi connectivity index (χ1) is 10.2. The summed E-state index contributed by atoms with van der Waals surface area (Å²) in [5, 5.41) is 7.08. The summed E-state index contributed by atoms with van der Waals surface area (Å²) in [6.45, 7) is 0.740. The molecule has 0 spiro atoms. The van der Waals surface area contributed by atoms with Crippen LogP contribution < -0.4 is 16.4 Å². The Hall–Kier alpha value is -2.95. The van der Waals surface area contributed by atoms with Crippen LogP contribution in [0.2, 0.25) is 0 Å². The molecule has 1 aromatic heterocycles. The number of fused-ring (bicyclic) bond motifs is 1. The summed E-state index contributed by atoms with van der Waals surface area (Å²) >= 11 is 0. The second-order valence-corrected chi connectivity index (χ2v) is 4.82. The predicted octanol–water partition coefficient (Wildman–Crippen LogP) is 3.27. The minimum absolute atomic E-state index is 0.560. The molecule has 106 valence electrons. The highest BCUT2D eigenvalue weighted by Crippen LogP contribution is 2.17. The van der Waals surface area contributed by atoms with Gasteiger partial charge in [-0.1, -0.05) is 6.07 Å². The highest BCUT2D eigenvalue weighted by molar-refractivity contribution is 5.88. The zero-order valence-electron chi connectivity index (χ0n) is 11.4. The highest BCUT2D eigenvalue weighted by Gasteiger charge is 1.99. The number of anilines is 2. The summed E-state index contributed by atoms with van der Waals surface area (Å²) in [4.78, 5) is 13.9. The smallest absolute Gasteiger partial charge is 0.316 e. The molecule has 5 N–H and O–H groups in total. The number of hydrogen-bond donors (Lipinski definition) is 4. The molecule has 0 aliphatic carbocycles. The van der Waals surface area contributed by atoms with Crippen molar-refractivity contribution < 1.29 is 4.79 Å². The third kappa shape index (κ3) is 3.14. The van der Waals surface area contributed by atoms with E-state index in [4.69, 9.17) is 5.73 Å². The molecule has 1 heterocycles. The number of aromatic nitrogens is 1. The second kappa shape index (κ2) is 5.58. The molecule has 0 aliphatic heterocycles. The molecule has 2 aromatic carbocycles. The van der Waals surface area contributed by atoms with Gasteiger partial charge in [-0.2, -0.15) is 0 Å². The second-order valence-electron chi connectivity index (χ2n) is 4.82. The molecule has 0 saturated heterocycles. The molecule has 3 aromatic rings. The number of H-pyrrole nitrogens is 1. The van der Waals surface area contributed by atoms with Gasteiger partial charge in [-0.15, -0.1) is 0 Å². The molecule has 5 nitrogen and oxygen atoms in total. The Morgan fingerprint density at radius 2 is 1.81 bits per heavy atom. The molecule has 0 radical (unpaired) electrons. The summed E-state index contributed by atoms with van der Waals surface area (Å²) in [5.74, 6) is 0. The van der Waals surface area contributed by atoms with Gasteiger partial charge >= 0.3 is 6.03 Å². The van der Waals surface area contributed by atoms with E-state index in [0.717, 1.165) is 17.7 Å². The largest absolute Gasteiger partial charge is 0.381 e. The van der Waals surface area contributed by atoms with Gasteiger partial charge in [0.05, 0.1) is 0 Å². The lowest BCUT2D eigenvalue weighted by Gasteiger charge is -2.08. The topological polar surface area (TPSA) is 82.9 Å². The van der Waals surface area contributed by atoms with Gasteiger partial charge in [0.2, 0.25) is 0 Å². The van der Waals surface area contributed by atoms with Gasteiger partial charge < -0.3 is 21.4 Å². The number of nitrogens with one attached hydrogen (secondary N) is 3. The number of nitrogens with two attached hydrogens (primary N) is 1. The Balaban J connectivity index is 1.65. The molecule has 21 heavy (non-hydrogen) atoms. The van der Waals surface area contributed by atoms with Crippen LogP contribution in [0.3, 0.4) is 0 Å². The highest BCUT2D eigenvalue weighted by atomic mass is 16.2. The lowest BCUT2D eigenvalue weighted by atomic mass is 10.1. The molecule has 0 unspecified atom stereocenters. The summed E-state index contributed by atoms with van der Waals surface area (Å²) < 4.78 is 0. The maximum absolute atomic E-state index is 10.7. The van der Waals surface area contributed by atoms with Crippen molar-refractivity contribution in [3.63, 3.8) is 0 Å². The molecular weight excluding hydrogens is 264 g/mol. The summed E-state index contributed by atoms with van der Waals surface area (Å²) in [7, 11) is 0. The van der Waals surface area contributed by atoms with Gasteiger partial charge in [-0.3, -0.25) is 0 Å². The van der Waals surface area contributed by atoms with Gasteiger partial charge in [0.15, 0.2) is 0 Å². The maximum atomic E-state index is 10.7. The summed E-state index contributed by atoms with van der Waals surface area (Å²) in [6.07, 6.45) is 1.94. The van der Waals surface area contributed by atoms with Crippen LogP contribution in [0.4, 0.5) is 16.2 Å².